The van der Waals surface area contributed by atoms with Crippen molar-refractivity contribution in [1.29, 1.82) is 5.26 Å². The van der Waals surface area contributed by atoms with Gasteiger partial charge in [0.25, 0.3) is 5.91 Å². The molecule has 4 rings (SSSR count). The van der Waals surface area contributed by atoms with Gasteiger partial charge in [-0.2, -0.15) is 5.26 Å². The lowest BCUT2D eigenvalue weighted by Crippen LogP contribution is -2.49. The zero-order valence-corrected chi connectivity index (χ0v) is 18.4. The third-order valence-corrected chi connectivity index (χ3v) is 6.10. The molecule has 0 unspecified atom stereocenters. The average molecular weight is 434 g/mol. The Morgan fingerprint density at radius 3 is 2.16 bits per heavy atom. The molecule has 32 heavy (non-hydrogen) atoms. The minimum Gasteiger partial charge on any atom is -0.373 e. The second kappa shape index (κ2) is 9.73. The Kier molecular flexibility index (Phi) is 6.60. The minimum atomic E-state index is -0.258. The highest BCUT2D eigenvalue weighted by Crippen LogP contribution is 2.20. The van der Waals surface area contributed by atoms with Crippen molar-refractivity contribution in [2.75, 3.05) is 62.2 Å². The van der Waals surface area contributed by atoms with Gasteiger partial charge in [0.1, 0.15) is 17.5 Å². The summed E-state index contributed by atoms with van der Waals surface area (Å²) in [5.74, 6) is -0.474. The van der Waals surface area contributed by atoms with Gasteiger partial charge in [0, 0.05) is 69.9 Å². The first kappa shape index (κ1) is 21.7. The molecule has 2 aromatic carbocycles. The van der Waals surface area contributed by atoms with E-state index in [0.717, 1.165) is 31.9 Å². The lowest BCUT2D eigenvalue weighted by Gasteiger charge is -2.37. The van der Waals surface area contributed by atoms with Crippen LogP contribution in [0, 0.1) is 24.1 Å². The molecule has 0 saturated carbocycles. The van der Waals surface area contributed by atoms with Gasteiger partial charge >= 0.3 is 0 Å². The van der Waals surface area contributed by atoms with Crippen molar-refractivity contribution < 1.29 is 9.18 Å². The maximum atomic E-state index is 13.2. The number of hydrogen-bond acceptors (Lipinski definition) is 5. The fourth-order valence-corrected chi connectivity index (χ4v) is 4.24. The molecule has 0 aliphatic carbocycles. The highest BCUT2D eigenvalue weighted by Gasteiger charge is 2.25. The van der Waals surface area contributed by atoms with E-state index < -0.39 is 0 Å². The molecule has 6 nitrogen and oxygen atoms in total. The number of aryl methyl sites for hydroxylation is 1. The number of piperazine rings is 2. The summed E-state index contributed by atoms with van der Waals surface area (Å²) in [5.41, 5.74) is 3.58. The van der Waals surface area contributed by atoms with E-state index in [9.17, 15) is 14.4 Å². The second-order valence-electron chi connectivity index (χ2n) is 8.27. The summed E-state index contributed by atoms with van der Waals surface area (Å²) >= 11 is 0. The molecule has 0 bridgehead atoms. The molecular weight excluding hydrogens is 405 g/mol. The molecule has 2 saturated heterocycles. The quantitative estimate of drug-likeness (QED) is 0.548. The number of benzene rings is 2. The number of nitrogens with zero attached hydrogens (tertiary/aromatic N) is 5. The molecule has 2 fully saturated rings. The number of carbonyl (C=O) groups is 1. The van der Waals surface area contributed by atoms with Crippen molar-refractivity contribution in [2.45, 2.75) is 6.92 Å². The van der Waals surface area contributed by atoms with Gasteiger partial charge in [-0.3, -0.25) is 4.79 Å². The molecule has 0 atom stereocenters. The SMILES string of the molecule is Cc1cccc(N2CCN(/C=C(/C#N)C(=O)N3CCN(c4ccc(F)cc4)CC3)CC2)c1. The third kappa shape index (κ3) is 5.02. The summed E-state index contributed by atoms with van der Waals surface area (Å²) in [4.78, 5) is 21.2. The smallest absolute Gasteiger partial charge is 0.266 e. The van der Waals surface area contributed by atoms with E-state index in [-0.39, 0.29) is 17.3 Å². The summed E-state index contributed by atoms with van der Waals surface area (Å²) in [6.45, 7) is 7.72. The van der Waals surface area contributed by atoms with E-state index in [1.807, 2.05) is 0 Å². The zero-order chi connectivity index (χ0) is 22.5. The fourth-order valence-electron chi connectivity index (χ4n) is 4.24. The third-order valence-electron chi connectivity index (χ3n) is 6.10. The molecule has 0 N–H and O–H groups in total. The van der Waals surface area contributed by atoms with Gasteiger partial charge in [-0.15, -0.1) is 0 Å². The summed E-state index contributed by atoms with van der Waals surface area (Å²) < 4.78 is 13.2. The number of rotatable bonds is 4. The Hall–Kier alpha value is -3.53. The maximum Gasteiger partial charge on any atom is 0.266 e. The number of halogens is 1. The van der Waals surface area contributed by atoms with Gasteiger partial charge in [0.2, 0.25) is 0 Å². The number of nitriles is 1. The van der Waals surface area contributed by atoms with Gasteiger partial charge in [-0.1, -0.05) is 12.1 Å². The van der Waals surface area contributed by atoms with E-state index >= 15 is 0 Å². The van der Waals surface area contributed by atoms with Gasteiger partial charge in [0.05, 0.1) is 0 Å². The van der Waals surface area contributed by atoms with Crippen molar-refractivity contribution >= 4 is 17.3 Å². The van der Waals surface area contributed by atoms with Crippen LogP contribution in [-0.4, -0.2) is 68.1 Å². The standard InChI is InChI=1S/C25H28FN5O/c1-20-3-2-4-24(17-20)30-11-9-28(10-12-30)19-21(18-27)25(32)31-15-13-29(14-16-31)23-7-5-22(26)6-8-23/h2-8,17,19H,9-16H2,1H3/b21-19-. The van der Waals surface area contributed by atoms with Crippen LogP contribution in [0.1, 0.15) is 5.56 Å². The lowest BCUT2D eigenvalue weighted by atomic mass is 10.2. The Bertz CT molecular complexity index is 1010. The first-order chi connectivity index (χ1) is 15.5. The average Bonchev–Trinajstić information content (AvgIpc) is 2.83. The van der Waals surface area contributed by atoms with Crippen LogP contribution in [0.25, 0.3) is 0 Å². The molecule has 7 heteroatoms. The van der Waals surface area contributed by atoms with Crippen molar-refractivity contribution in [3.05, 3.63) is 71.7 Å². The molecule has 1 amide bonds. The van der Waals surface area contributed by atoms with Gasteiger partial charge in [0.15, 0.2) is 0 Å². The van der Waals surface area contributed by atoms with Gasteiger partial charge in [-0.05, 0) is 48.9 Å². The van der Waals surface area contributed by atoms with Crippen LogP contribution in [0.3, 0.4) is 0 Å². The van der Waals surface area contributed by atoms with Crippen molar-refractivity contribution in [3.63, 3.8) is 0 Å². The normalized spacial score (nSPS) is 17.3. The number of anilines is 2. The predicted molar refractivity (Wildman–Crippen MR) is 124 cm³/mol. The highest BCUT2D eigenvalue weighted by atomic mass is 19.1. The van der Waals surface area contributed by atoms with E-state index in [1.54, 1.807) is 23.2 Å². The molecule has 0 aromatic heterocycles. The number of carbonyl (C=O) groups excluding carboxylic acids is 1. The van der Waals surface area contributed by atoms with E-state index in [2.05, 4.69) is 52.0 Å². The summed E-state index contributed by atoms with van der Waals surface area (Å²) in [6, 6.07) is 17.0. The maximum absolute atomic E-state index is 13.2. The Morgan fingerprint density at radius 2 is 1.53 bits per heavy atom. The summed E-state index contributed by atoms with van der Waals surface area (Å²) in [6.07, 6.45) is 1.72. The largest absolute Gasteiger partial charge is 0.373 e. The van der Waals surface area contributed by atoms with Crippen LogP contribution >= 0.6 is 0 Å². The van der Waals surface area contributed by atoms with Crippen LogP contribution < -0.4 is 9.80 Å². The fraction of sp³-hybridized carbons (Fsp3) is 0.360. The molecular formula is C25H28FN5O. The molecule has 2 heterocycles. The van der Waals surface area contributed by atoms with Crippen molar-refractivity contribution in [1.82, 2.24) is 9.80 Å². The number of hydrogen-bond donors (Lipinski definition) is 0. The monoisotopic (exact) mass is 433 g/mol. The summed E-state index contributed by atoms with van der Waals surface area (Å²) in [7, 11) is 0. The van der Waals surface area contributed by atoms with Crippen LogP contribution in [0.15, 0.2) is 60.3 Å². The molecule has 166 valence electrons. The van der Waals surface area contributed by atoms with Crippen molar-refractivity contribution in [3.8, 4) is 6.07 Å². The lowest BCUT2D eigenvalue weighted by molar-refractivity contribution is -0.127. The predicted octanol–water partition coefficient (Wildman–Crippen LogP) is 3.01. The molecule has 0 spiro atoms. The van der Waals surface area contributed by atoms with Crippen LogP contribution in [0.2, 0.25) is 0 Å². The van der Waals surface area contributed by atoms with Crippen LogP contribution in [-0.2, 0) is 4.79 Å². The van der Waals surface area contributed by atoms with Gasteiger partial charge < -0.3 is 19.6 Å². The van der Waals surface area contributed by atoms with E-state index in [4.69, 9.17) is 0 Å². The molecule has 2 aromatic rings. The van der Waals surface area contributed by atoms with E-state index in [1.165, 1.54) is 23.4 Å². The second-order valence-corrected chi connectivity index (χ2v) is 8.27. The topological polar surface area (TPSA) is 53.8 Å². The number of amides is 1. The minimum absolute atomic E-state index is 0.184. The Labute approximate surface area is 188 Å². The first-order valence-electron chi connectivity index (χ1n) is 11.0. The first-order valence-corrected chi connectivity index (χ1v) is 11.0. The molecule has 2 aliphatic rings. The Balaban J connectivity index is 1.32. The van der Waals surface area contributed by atoms with Gasteiger partial charge in [-0.25, -0.2) is 4.39 Å². The molecule has 2 aliphatic heterocycles. The summed E-state index contributed by atoms with van der Waals surface area (Å²) in [5, 5.41) is 9.63. The van der Waals surface area contributed by atoms with E-state index in [0.29, 0.717) is 26.2 Å². The Morgan fingerprint density at radius 1 is 0.906 bits per heavy atom. The van der Waals surface area contributed by atoms with Crippen LogP contribution in [0.5, 0.6) is 0 Å². The highest BCUT2D eigenvalue weighted by molar-refractivity contribution is 5.97. The molecule has 0 radical (unpaired) electrons. The van der Waals surface area contributed by atoms with Crippen molar-refractivity contribution in [2.24, 2.45) is 0 Å². The zero-order valence-electron chi connectivity index (χ0n) is 18.4. The van der Waals surface area contributed by atoms with Crippen LogP contribution in [0.4, 0.5) is 15.8 Å².